The van der Waals surface area contributed by atoms with Crippen LogP contribution in [0.5, 0.6) is 0 Å². The Kier molecular flexibility index (Phi) is 4.44. The van der Waals surface area contributed by atoms with Crippen molar-refractivity contribution in [3.63, 3.8) is 0 Å². The maximum Gasteiger partial charge on any atom is 0.232 e. The van der Waals surface area contributed by atoms with Gasteiger partial charge in [0.25, 0.3) is 0 Å². The molecule has 0 bridgehead atoms. The summed E-state index contributed by atoms with van der Waals surface area (Å²) in [4.78, 5) is 16.9. The number of rotatable bonds is 4. The topological polar surface area (TPSA) is 44.9 Å². The summed E-state index contributed by atoms with van der Waals surface area (Å²) in [6.45, 7) is 2.12. The van der Waals surface area contributed by atoms with Crippen molar-refractivity contribution in [1.82, 2.24) is 10.3 Å². The van der Waals surface area contributed by atoms with Crippen LogP contribution in [0.3, 0.4) is 0 Å². The molecule has 29 heavy (non-hydrogen) atoms. The Morgan fingerprint density at radius 3 is 2.24 bits per heavy atom. The molecule has 0 aliphatic heterocycles. The van der Waals surface area contributed by atoms with Gasteiger partial charge in [-0.1, -0.05) is 72.3 Å². The van der Waals surface area contributed by atoms with Gasteiger partial charge in [0.2, 0.25) is 5.91 Å². The fraction of sp³-hybridized carbons (Fsp3) is 0.192. The maximum absolute atomic E-state index is 13.4. The molecule has 0 spiro atoms. The predicted octanol–water partition coefficient (Wildman–Crippen LogP) is 4.89. The lowest BCUT2D eigenvalue weighted by molar-refractivity contribution is -0.122. The number of H-pyrrole nitrogens is 1. The van der Waals surface area contributed by atoms with Gasteiger partial charge in [0.1, 0.15) is 0 Å². The van der Waals surface area contributed by atoms with Crippen LogP contribution in [0.15, 0.2) is 78.9 Å². The molecule has 4 aromatic rings. The molecule has 1 aliphatic rings. The van der Waals surface area contributed by atoms with E-state index in [1.54, 1.807) is 0 Å². The number of nitrogens with one attached hydrogen (secondary N) is 2. The molecular formula is C26H24N2O. The lowest BCUT2D eigenvalue weighted by Crippen LogP contribution is -2.39. The molecular weight excluding hydrogens is 356 g/mol. The van der Waals surface area contributed by atoms with Crippen molar-refractivity contribution < 1.29 is 4.79 Å². The Bertz CT molecular complexity index is 1120. The van der Waals surface area contributed by atoms with Crippen LogP contribution in [0.2, 0.25) is 0 Å². The van der Waals surface area contributed by atoms with Gasteiger partial charge in [-0.15, -0.1) is 0 Å². The number of aromatic amines is 1. The summed E-state index contributed by atoms with van der Waals surface area (Å²) in [7, 11) is 0. The van der Waals surface area contributed by atoms with Gasteiger partial charge < -0.3 is 10.3 Å². The molecule has 5 rings (SSSR count). The third-order valence-electron chi connectivity index (χ3n) is 5.93. The summed E-state index contributed by atoms with van der Waals surface area (Å²) in [6, 6.07) is 26.7. The lowest BCUT2D eigenvalue weighted by Gasteiger charge is -2.21. The summed E-state index contributed by atoms with van der Waals surface area (Å²) in [6.07, 6.45) is 1.73. The third-order valence-corrected chi connectivity index (χ3v) is 5.93. The molecule has 1 aliphatic carbocycles. The maximum atomic E-state index is 13.4. The first-order valence-corrected chi connectivity index (χ1v) is 10.2. The summed E-state index contributed by atoms with van der Waals surface area (Å²) in [5.41, 5.74) is 7.11. The second kappa shape index (κ2) is 7.25. The number of hydrogen-bond acceptors (Lipinski definition) is 1. The minimum Gasteiger partial charge on any atom is -0.358 e. The van der Waals surface area contributed by atoms with Crippen LogP contribution in [0.1, 0.15) is 33.9 Å². The van der Waals surface area contributed by atoms with Gasteiger partial charge in [0, 0.05) is 29.1 Å². The van der Waals surface area contributed by atoms with Gasteiger partial charge in [0.05, 0.1) is 5.92 Å². The molecule has 0 radical (unpaired) electrons. The minimum atomic E-state index is -0.296. The van der Waals surface area contributed by atoms with Crippen molar-refractivity contribution in [2.24, 2.45) is 0 Å². The number of aryl methyl sites for hydroxylation is 1. The van der Waals surface area contributed by atoms with E-state index < -0.39 is 0 Å². The van der Waals surface area contributed by atoms with Crippen molar-refractivity contribution in [2.45, 2.75) is 31.7 Å². The van der Waals surface area contributed by atoms with E-state index >= 15 is 0 Å². The van der Waals surface area contributed by atoms with Gasteiger partial charge in [-0.2, -0.15) is 0 Å². The predicted molar refractivity (Wildman–Crippen MR) is 117 cm³/mol. The van der Waals surface area contributed by atoms with Crippen molar-refractivity contribution in [1.29, 1.82) is 0 Å². The zero-order valence-corrected chi connectivity index (χ0v) is 16.5. The molecule has 3 heteroatoms. The van der Waals surface area contributed by atoms with Crippen LogP contribution in [0, 0.1) is 6.92 Å². The highest BCUT2D eigenvalue weighted by molar-refractivity contribution is 5.89. The number of carbonyl (C=O) groups excluding carboxylic acids is 1. The van der Waals surface area contributed by atoms with Crippen LogP contribution >= 0.6 is 0 Å². The largest absolute Gasteiger partial charge is 0.358 e. The number of carbonyl (C=O) groups is 1. The zero-order valence-electron chi connectivity index (χ0n) is 16.5. The quantitative estimate of drug-likeness (QED) is 0.520. The molecule has 1 unspecified atom stereocenters. The molecule has 1 aromatic heterocycles. The number of aromatic nitrogens is 1. The molecule has 1 atom stereocenters. The van der Waals surface area contributed by atoms with E-state index in [1.807, 2.05) is 60.7 Å². The molecule has 1 amide bonds. The molecule has 0 saturated carbocycles. The van der Waals surface area contributed by atoms with E-state index in [2.05, 4.69) is 35.4 Å². The van der Waals surface area contributed by atoms with E-state index in [0.717, 1.165) is 24.0 Å². The van der Waals surface area contributed by atoms with E-state index in [4.69, 9.17) is 0 Å². The molecule has 2 N–H and O–H groups in total. The SMILES string of the molecule is Cc1ccc2[nH]c3c(c2c1)CC(NC(=O)C(c1ccccc1)c1ccccc1)C3. The normalized spacial score (nSPS) is 15.6. The monoisotopic (exact) mass is 380 g/mol. The molecule has 0 fully saturated rings. The summed E-state index contributed by atoms with van der Waals surface area (Å²) in [5, 5.41) is 4.62. The first-order chi connectivity index (χ1) is 14.2. The van der Waals surface area contributed by atoms with Gasteiger partial charge >= 0.3 is 0 Å². The second-order valence-electron chi connectivity index (χ2n) is 8.00. The van der Waals surface area contributed by atoms with E-state index in [-0.39, 0.29) is 17.9 Å². The molecule has 0 saturated heterocycles. The van der Waals surface area contributed by atoms with Crippen LogP contribution in [-0.4, -0.2) is 16.9 Å². The van der Waals surface area contributed by atoms with E-state index in [1.165, 1.54) is 27.7 Å². The Labute approximate surface area is 170 Å². The van der Waals surface area contributed by atoms with Gasteiger partial charge in [0.15, 0.2) is 0 Å². The molecule has 1 heterocycles. The minimum absolute atomic E-state index is 0.0676. The summed E-state index contributed by atoms with van der Waals surface area (Å²) in [5.74, 6) is -0.228. The first kappa shape index (κ1) is 17.7. The number of hydrogen-bond donors (Lipinski definition) is 2. The highest BCUT2D eigenvalue weighted by atomic mass is 16.1. The molecule has 144 valence electrons. The van der Waals surface area contributed by atoms with Crippen molar-refractivity contribution in [3.8, 4) is 0 Å². The second-order valence-corrected chi connectivity index (χ2v) is 8.00. The Hall–Kier alpha value is -3.33. The first-order valence-electron chi connectivity index (χ1n) is 10.2. The number of amides is 1. The van der Waals surface area contributed by atoms with E-state index in [0.29, 0.717) is 0 Å². The fourth-order valence-electron chi connectivity index (χ4n) is 4.56. The Balaban J connectivity index is 1.40. The smallest absolute Gasteiger partial charge is 0.232 e. The third kappa shape index (κ3) is 3.33. The highest BCUT2D eigenvalue weighted by Gasteiger charge is 2.30. The van der Waals surface area contributed by atoms with Crippen molar-refractivity contribution in [3.05, 3.63) is 107 Å². The van der Waals surface area contributed by atoms with Crippen molar-refractivity contribution >= 4 is 16.8 Å². The van der Waals surface area contributed by atoms with Crippen LogP contribution in [-0.2, 0) is 17.6 Å². The summed E-state index contributed by atoms with van der Waals surface area (Å²) < 4.78 is 0. The standard InChI is InChI=1S/C26H24N2O/c1-17-12-13-23-21(14-17)22-15-20(16-24(22)28-23)27-26(29)25(18-8-4-2-5-9-18)19-10-6-3-7-11-19/h2-14,20,25,28H,15-16H2,1H3,(H,27,29). The fourth-order valence-corrected chi connectivity index (χ4v) is 4.56. The Morgan fingerprint density at radius 1 is 0.931 bits per heavy atom. The van der Waals surface area contributed by atoms with Crippen LogP contribution < -0.4 is 5.32 Å². The number of fused-ring (bicyclic) bond motifs is 3. The highest BCUT2D eigenvalue weighted by Crippen LogP contribution is 2.32. The molecule has 3 nitrogen and oxygen atoms in total. The Morgan fingerprint density at radius 2 is 1.59 bits per heavy atom. The average Bonchev–Trinajstić information content (AvgIpc) is 3.27. The van der Waals surface area contributed by atoms with Gasteiger partial charge in [-0.05, 0) is 42.2 Å². The average molecular weight is 380 g/mol. The van der Waals surface area contributed by atoms with Crippen molar-refractivity contribution in [2.75, 3.05) is 0 Å². The number of benzene rings is 3. The summed E-state index contributed by atoms with van der Waals surface area (Å²) >= 11 is 0. The van der Waals surface area contributed by atoms with Gasteiger partial charge in [-0.3, -0.25) is 4.79 Å². The lowest BCUT2D eigenvalue weighted by atomic mass is 9.90. The van der Waals surface area contributed by atoms with Crippen LogP contribution in [0.4, 0.5) is 0 Å². The molecule has 3 aromatic carbocycles. The van der Waals surface area contributed by atoms with E-state index in [9.17, 15) is 4.79 Å². The van der Waals surface area contributed by atoms with Crippen LogP contribution in [0.25, 0.3) is 10.9 Å². The zero-order chi connectivity index (χ0) is 19.8. The van der Waals surface area contributed by atoms with Gasteiger partial charge in [-0.25, -0.2) is 0 Å².